The predicted molar refractivity (Wildman–Crippen MR) is 62.9 cm³/mol. The second-order valence-electron chi connectivity index (χ2n) is 4.90. The highest BCUT2D eigenvalue weighted by Gasteiger charge is 2.72. The van der Waals surface area contributed by atoms with Gasteiger partial charge in [-0.05, 0) is 24.6 Å². The molecule has 0 saturated heterocycles. The van der Waals surface area contributed by atoms with Crippen LogP contribution in [0.5, 0.6) is 0 Å². The molecule has 0 aliphatic heterocycles. The molecular weight excluding hydrogens is 256 g/mol. The number of carbonyl (C=O) groups is 2. The van der Waals surface area contributed by atoms with E-state index in [1.165, 1.54) is 31.2 Å². The molecule has 1 amide bonds. The summed E-state index contributed by atoms with van der Waals surface area (Å²) in [4.78, 5) is 22.2. The van der Waals surface area contributed by atoms with E-state index in [4.69, 9.17) is 5.11 Å². The fraction of sp³-hybridized carbons (Fsp3) is 0.385. The molecule has 1 aliphatic rings. The third-order valence-corrected chi connectivity index (χ3v) is 3.41. The first kappa shape index (κ1) is 13.5. The number of carboxylic acids is 1. The van der Waals surface area contributed by atoms with E-state index in [1.54, 1.807) is 0 Å². The van der Waals surface area contributed by atoms with Gasteiger partial charge in [-0.25, -0.2) is 13.6 Å². The number of halogens is 2. The van der Waals surface area contributed by atoms with E-state index in [1.807, 2.05) is 0 Å². The average Bonchev–Trinajstić information content (AvgIpc) is 2.87. The number of alkyl halides is 2. The van der Waals surface area contributed by atoms with Crippen molar-refractivity contribution in [2.45, 2.75) is 25.8 Å². The van der Waals surface area contributed by atoms with Crippen molar-refractivity contribution in [3.8, 4) is 0 Å². The molecule has 19 heavy (non-hydrogen) atoms. The van der Waals surface area contributed by atoms with Gasteiger partial charge in [-0.2, -0.15) is 0 Å². The van der Waals surface area contributed by atoms with E-state index >= 15 is 0 Å². The fourth-order valence-corrected chi connectivity index (χ4v) is 1.79. The Hall–Kier alpha value is -1.98. The summed E-state index contributed by atoms with van der Waals surface area (Å²) < 4.78 is 25.9. The zero-order chi connectivity index (χ0) is 14.3. The van der Waals surface area contributed by atoms with Crippen LogP contribution >= 0.6 is 0 Å². The molecule has 2 rings (SSSR count). The number of amides is 1. The van der Waals surface area contributed by atoms with Gasteiger partial charge in [0.15, 0.2) is 0 Å². The first-order chi connectivity index (χ1) is 8.76. The Morgan fingerprint density at radius 1 is 1.32 bits per heavy atom. The van der Waals surface area contributed by atoms with Gasteiger partial charge in [0.2, 0.25) is 5.91 Å². The van der Waals surface area contributed by atoms with Crippen LogP contribution in [-0.2, 0) is 11.3 Å². The average molecular weight is 269 g/mol. The van der Waals surface area contributed by atoms with Gasteiger partial charge in [-0.1, -0.05) is 12.1 Å². The zero-order valence-electron chi connectivity index (χ0n) is 10.2. The van der Waals surface area contributed by atoms with Crippen LogP contribution in [0.4, 0.5) is 8.78 Å². The topological polar surface area (TPSA) is 66.4 Å². The number of hydrogen-bond donors (Lipinski definition) is 2. The maximum atomic E-state index is 13.0. The predicted octanol–water partition coefficient (Wildman–Crippen LogP) is 2.05. The van der Waals surface area contributed by atoms with Crippen LogP contribution in [0, 0.1) is 5.41 Å². The number of aromatic carboxylic acids is 1. The van der Waals surface area contributed by atoms with Gasteiger partial charge in [0.25, 0.3) is 5.92 Å². The van der Waals surface area contributed by atoms with Crippen molar-refractivity contribution in [2.24, 2.45) is 5.41 Å². The summed E-state index contributed by atoms with van der Waals surface area (Å²) in [5, 5.41) is 11.2. The van der Waals surface area contributed by atoms with Crippen LogP contribution in [-0.4, -0.2) is 22.9 Å². The minimum atomic E-state index is -2.93. The number of carbonyl (C=O) groups excluding carboxylic acids is 1. The highest BCUT2D eigenvalue weighted by Crippen LogP contribution is 2.60. The number of nitrogens with one attached hydrogen (secondary N) is 1. The molecule has 1 unspecified atom stereocenters. The molecule has 0 aromatic heterocycles. The van der Waals surface area contributed by atoms with E-state index in [9.17, 15) is 18.4 Å². The lowest BCUT2D eigenvalue weighted by molar-refractivity contribution is -0.129. The summed E-state index contributed by atoms with van der Waals surface area (Å²) in [6.45, 7) is 1.33. The van der Waals surface area contributed by atoms with Crippen molar-refractivity contribution in [1.29, 1.82) is 0 Å². The Balaban J connectivity index is 1.93. The van der Waals surface area contributed by atoms with Crippen LogP contribution < -0.4 is 5.32 Å². The van der Waals surface area contributed by atoms with Crippen molar-refractivity contribution < 1.29 is 23.5 Å². The minimum absolute atomic E-state index is 0.102. The van der Waals surface area contributed by atoms with Crippen molar-refractivity contribution in [2.75, 3.05) is 0 Å². The summed E-state index contributed by atoms with van der Waals surface area (Å²) in [7, 11) is 0. The molecule has 0 radical (unpaired) electrons. The smallest absolute Gasteiger partial charge is 0.335 e. The van der Waals surface area contributed by atoms with Crippen LogP contribution in [0.1, 0.15) is 29.3 Å². The highest BCUT2D eigenvalue weighted by atomic mass is 19.3. The Morgan fingerprint density at radius 2 is 1.84 bits per heavy atom. The normalized spacial score (nSPS) is 23.7. The van der Waals surface area contributed by atoms with Crippen molar-refractivity contribution in [3.63, 3.8) is 0 Å². The van der Waals surface area contributed by atoms with Crippen molar-refractivity contribution in [3.05, 3.63) is 35.4 Å². The van der Waals surface area contributed by atoms with Crippen LogP contribution in [0.15, 0.2) is 24.3 Å². The third kappa shape index (κ3) is 2.43. The summed E-state index contributed by atoms with van der Waals surface area (Å²) in [5.41, 5.74) is -0.810. The van der Waals surface area contributed by atoms with E-state index in [0.29, 0.717) is 5.56 Å². The quantitative estimate of drug-likeness (QED) is 0.879. The molecule has 0 spiro atoms. The fourth-order valence-electron chi connectivity index (χ4n) is 1.79. The molecule has 6 heteroatoms. The maximum absolute atomic E-state index is 13.0. The first-order valence-electron chi connectivity index (χ1n) is 5.75. The molecule has 4 nitrogen and oxygen atoms in total. The Labute approximate surface area is 108 Å². The zero-order valence-corrected chi connectivity index (χ0v) is 10.2. The van der Waals surface area contributed by atoms with E-state index in [2.05, 4.69) is 5.32 Å². The Bertz CT molecular complexity index is 527. The molecule has 0 bridgehead atoms. The third-order valence-electron chi connectivity index (χ3n) is 3.41. The Morgan fingerprint density at radius 3 is 2.26 bits per heavy atom. The lowest BCUT2D eigenvalue weighted by Gasteiger charge is -2.11. The van der Waals surface area contributed by atoms with E-state index < -0.39 is 29.6 Å². The van der Waals surface area contributed by atoms with Gasteiger partial charge < -0.3 is 10.4 Å². The van der Waals surface area contributed by atoms with E-state index in [-0.39, 0.29) is 12.1 Å². The van der Waals surface area contributed by atoms with Crippen LogP contribution in [0.3, 0.4) is 0 Å². The SMILES string of the molecule is CC1(C(=O)NCc2ccc(C(=O)O)cc2)CC1(F)F. The lowest BCUT2D eigenvalue weighted by Crippen LogP contribution is -2.33. The van der Waals surface area contributed by atoms with Gasteiger partial charge in [0.1, 0.15) is 5.41 Å². The second-order valence-corrected chi connectivity index (χ2v) is 4.90. The van der Waals surface area contributed by atoms with Crippen LogP contribution in [0.2, 0.25) is 0 Å². The summed E-state index contributed by atoms with van der Waals surface area (Å²) in [6, 6.07) is 5.88. The van der Waals surface area contributed by atoms with Gasteiger partial charge >= 0.3 is 5.97 Å². The number of carboxylic acid groups (broad SMARTS) is 1. The number of rotatable bonds is 4. The molecule has 1 aromatic rings. The minimum Gasteiger partial charge on any atom is -0.478 e. The molecule has 1 aliphatic carbocycles. The van der Waals surface area contributed by atoms with Crippen molar-refractivity contribution >= 4 is 11.9 Å². The van der Waals surface area contributed by atoms with Crippen molar-refractivity contribution in [1.82, 2.24) is 5.32 Å². The van der Waals surface area contributed by atoms with Crippen LogP contribution in [0.25, 0.3) is 0 Å². The summed E-state index contributed by atoms with van der Waals surface area (Å²) in [6.07, 6.45) is -0.427. The van der Waals surface area contributed by atoms with Gasteiger partial charge in [0, 0.05) is 13.0 Å². The molecule has 1 fully saturated rings. The lowest BCUT2D eigenvalue weighted by atomic mass is 10.1. The molecule has 2 N–H and O–H groups in total. The summed E-state index contributed by atoms with van der Waals surface area (Å²) >= 11 is 0. The molecule has 1 saturated carbocycles. The largest absolute Gasteiger partial charge is 0.478 e. The molecular formula is C13H13F2NO3. The number of benzene rings is 1. The maximum Gasteiger partial charge on any atom is 0.335 e. The molecule has 1 atom stereocenters. The highest BCUT2D eigenvalue weighted by molar-refractivity contribution is 5.88. The van der Waals surface area contributed by atoms with Gasteiger partial charge in [-0.3, -0.25) is 4.79 Å². The van der Waals surface area contributed by atoms with E-state index in [0.717, 1.165) is 0 Å². The number of hydrogen-bond acceptors (Lipinski definition) is 2. The Kier molecular flexibility index (Phi) is 3.04. The standard InChI is InChI=1S/C13H13F2NO3/c1-12(7-13(12,14)15)11(19)16-6-8-2-4-9(5-3-8)10(17)18/h2-5H,6-7H2,1H3,(H,16,19)(H,17,18). The molecule has 102 valence electrons. The second kappa shape index (κ2) is 4.29. The monoisotopic (exact) mass is 269 g/mol. The first-order valence-corrected chi connectivity index (χ1v) is 5.75. The van der Waals surface area contributed by atoms with Gasteiger partial charge in [-0.15, -0.1) is 0 Å². The summed E-state index contributed by atoms with van der Waals surface area (Å²) in [5.74, 6) is -4.65. The molecule has 1 aromatic carbocycles. The van der Waals surface area contributed by atoms with Gasteiger partial charge in [0.05, 0.1) is 5.56 Å². The molecule has 0 heterocycles.